The molecule has 1 saturated carbocycles. The van der Waals surface area contributed by atoms with Gasteiger partial charge in [0, 0.05) is 4.92 Å². The molecule has 0 amide bonds. The average Bonchev–Trinajstić information content (AvgIpc) is 3.33. The third kappa shape index (κ3) is 2.93. The third-order valence-corrected chi connectivity index (χ3v) is 4.38. The smallest absolute Gasteiger partial charge is 0.331 e. The van der Waals surface area contributed by atoms with E-state index in [0.29, 0.717) is 17.1 Å². The van der Waals surface area contributed by atoms with Crippen LogP contribution in [0.1, 0.15) is 25.3 Å². The predicted octanol–water partition coefficient (Wildman–Crippen LogP) is 1.56. The molecule has 0 bridgehead atoms. The van der Waals surface area contributed by atoms with E-state index in [-0.39, 0.29) is 13.2 Å². The van der Waals surface area contributed by atoms with Gasteiger partial charge in [-0.15, -0.1) is 0 Å². The van der Waals surface area contributed by atoms with Crippen LogP contribution >= 0.6 is 0 Å². The lowest BCUT2D eigenvalue weighted by Gasteiger charge is -2.14. The molecule has 1 aromatic carbocycles. The van der Waals surface area contributed by atoms with Gasteiger partial charge in [0.1, 0.15) is 0 Å². The van der Waals surface area contributed by atoms with Crippen molar-refractivity contribution in [2.24, 2.45) is 5.41 Å². The number of nitro groups is 1. The summed E-state index contributed by atoms with van der Waals surface area (Å²) >= 11 is 0. The van der Waals surface area contributed by atoms with Crippen LogP contribution in [0.4, 0.5) is 0 Å². The number of carbonyl (C=O) groups is 2. The summed E-state index contributed by atoms with van der Waals surface area (Å²) in [4.78, 5) is 36.0. The summed E-state index contributed by atoms with van der Waals surface area (Å²) in [5.41, 5.74) is -1.61. The topological polar surface area (TPSA) is 114 Å². The number of hydrogen-bond donors (Lipinski definition) is 0. The molecule has 0 spiro atoms. The van der Waals surface area contributed by atoms with Gasteiger partial charge in [-0.25, -0.2) is 0 Å². The van der Waals surface area contributed by atoms with Crippen LogP contribution in [-0.2, 0) is 19.1 Å². The molecule has 0 aromatic heterocycles. The summed E-state index contributed by atoms with van der Waals surface area (Å²) in [6, 6.07) is 3.16. The molecule has 0 saturated heterocycles. The molecule has 2 rings (SSSR count). The lowest BCUT2D eigenvalue weighted by Crippen LogP contribution is -2.35. The van der Waals surface area contributed by atoms with Gasteiger partial charge in [-0.05, 0) is 31.5 Å². The fourth-order valence-corrected chi connectivity index (χ4v) is 3.23. The zero-order valence-electron chi connectivity index (χ0n) is 15.0. The second kappa shape index (κ2) is 7.59. The molecule has 1 fully saturated rings. The van der Waals surface area contributed by atoms with E-state index in [0.717, 1.165) is 0 Å². The normalized spacial score (nSPS) is 20.0. The summed E-state index contributed by atoms with van der Waals surface area (Å²) in [6.07, 6.45) is 0. The molecular weight excluding hydrogens is 346 g/mol. The number of carbonyl (C=O) groups excluding carboxylic acids is 2. The maximum atomic E-state index is 12.5. The SMILES string of the molecule is CCOC(=O)C1(C(=O)OCC)C(c2ccc(OC)c(OC)c2)C1[N+](=O)[O-]. The van der Waals surface area contributed by atoms with Gasteiger partial charge in [0.05, 0.1) is 33.4 Å². The lowest BCUT2D eigenvalue weighted by atomic mass is 9.98. The zero-order chi connectivity index (χ0) is 19.5. The Hall–Kier alpha value is -2.84. The Kier molecular flexibility index (Phi) is 5.69. The first-order valence-electron chi connectivity index (χ1n) is 8.09. The van der Waals surface area contributed by atoms with Crippen molar-refractivity contribution < 1.29 is 33.5 Å². The van der Waals surface area contributed by atoms with Crippen molar-refractivity contribution in [2.75, 3.05) is 27.4 Å². The van der Waals surface area contributed by atoms with Crippen LogP contribution < -0.4 is 9.47 Å². The molecule has 2 unspecified atom stereocenters. The fourth-order valence-electron chi connectivity index (χ4n) is 3.23. The molecule has 142 valence electrons. The number of hydrogen-bond acceptors (Lipinski definition) is 8. The van der Waals surface area contributed by atoms with E-state index >= 15 is 0 Å². The molecule has 0 radical (unpaired) electrons. The molecule has 2 atom stereocenters. The highest BCUT2D eigenvalue weighted by atomic mass is 16.6. The maximum Gasteiger partial charge on any atom is 0.331 e. The quantitative estimate of drug-likeness (QED) is 0.294. The number of methoxy groups -OCH3 is 2. The van der Waals surface area contributed by atoms with Crippen molar-refractivity contribution in [1.29, 1.82) is 0 Å². The molecule has 0 heterocycles. The Morgan fingerprint density at radius 3 is 2.04 bits per heavy atom. The van der Waals surface area contributed by atoms with E-state index in [1.807, 2.05) is 0 Å². The highest BCUT2D eigenvalue weighted by molar-refractivity contribution is 6.06. The Bertz CT molecular complexity index is 699. The minimum atomic E-state index is -2.00. The average molecular weight is 367 g/mol. The molecule has 1 aliphatic carbocycles. The summed E-state index contributed by atoms with van der Waals surface area (Å²) in [5, 5.41) is 11.6. The van der Waals surface area contributed by atoms with Crippen molar-refractivity contribution >= 4 is 11.9 Å². The highest BCUT2D eigenvalue weighted by Gasteiger charge is 2.85. The number of ether oxygens (including phenoxy) is 4. The molecule has 0 aliphatic heterocycles. The highest BCUT2D eigenvalue weighted by Crippen LogP contribution is 2.63. The lowest BCUT2D eigenvalue weighted by molar-refractivity contribution is -0.501. The van der Waals surface area contributed by atoms with Crippen molar-refractivity contribution in [3.05, 3.63) is 33.9 Å². The van der Waals surface area contributed by atoms with Gasteiger partial charge in [0.2, 0.25) is 11.5 Å². The monoisotopic (exact) mass is 367 g/mol. The van der Waals surface area contributed by atoms with Crippen LogP contribution in [0.2, 0.25) is 0 Å². The second-order valence-corrected chi connectivity index (χ2v) is 5.63. The molecule has 26 heavy (non-hydrogen) atoms. The minimum absolute atomic E-state index is 0.0108. The standard InChI is InChI=1S/C17H21NO8/c1-5-25-15(19)17(16(20)26-6-2)13(14(17)18(21)22)10-7-8-11(23-3)12(9-10)24-4/h7-9,13-14H,5-6H2,1-4H3. The molecule has 0 N–H and O–H groups in total. The van der Waals surface area contributed by atoms with Gasteiger partial charge >= 0.3 is 11.9 Å². The molecule has 1 aliphatic rings. The molecular formula is C17H21NO8. The van der Waals surface area contributed by atoms with Crippen molar-refractivity contribution in [3.63, 3.8) is 0 Å². The van der Waals surface area contributed by atoms with Crippen LogP contribution in [0.25, 0.3) is 0 Å². The van der Waals surface area contributed by atoms with Gasteiger partial charge < -0.3 is 18.9 Å². The van der Waals surface area contributed by atoms with E-state index in [9.17, 15) is 19.7 Å². The molecule has 9 heteroatoms. The van der Waals surface area contributed by atoms with Crippen LogP contribution in [-0.4, -0.2) is 50.3 Å². The van der Waals surface area contributed by atoms with E-state index in [1.165, 1.54) is 20.3 Å². The number of nitrogens with zero attached hydrogens (tertiary/aromatic N) is 1. The summed E-state index contributed by atoms with van der Waals surface area (Å²) in [7, 11) is 2.87. The first-order chi connectivity index (χ1) is 12.4. The number of rotatable bonds is 8. The van der Waals surface area contributed by atoms with Crippen molar-refractivity contribution in [2.45, 2.75) is 25.8 Å². The fraction of sp³-hybridized carbons (Fsp3) is 0.529. The van der Waals surface area contributed by atoms with Crippen molar-refractivity contribution in [1.82, 2.24) is 0 Å². The minimum Gasteiger partial charge on any atom is -0.493 e. The number of esters is 2. The van der Waals surface area contributed by atoms with Crippen LogP contribution in [0.15, 0.2) is 18.2 Å². The van der Waals surface area contributed by atoms with Gasteiger partial charge in [0.25, 0.3) is 0 Å². The maximum absolute atomic E-state index is 12.5. The third-order valence-electron chi connectivity index (χ3n) is 4.38. The largest absolute Gasteiger partial charge is 0.493 e. The summed E-state index contributed by atoms with van der Waals surface area (Å²) in [5.74, 6) is -2.18. The molecule has 9 nitrogen and oxygen atoms in total. The Morgan fingerprint density at radius 2 is 1.62 bits per heavy atom. The van der Waals surface area contributed by atoms with E-state index in [4.69, 9.17) is 18.9 Å². The van der Waals surface area contributed by atoms with Crippen LogP contribution in [0.5, 0.6) is 11.5 Å². The van der Waals surface area contributed by atoms with Crippen LogP contribution in [0, 0.1) is 15.5 Å². The van der Waals surface area contributed by atoms with Crippen molar-refractivity contribution in [3.8, 4) is 11.5 Å². The van der Waals surface area contributed by atoms with E-state index < -0.39 is 34.2 Å². The Morgan fingerprint density at radius 1 is 1.08 bits per heavy atom. The predicted molar refractivity (Wildman–Crippen MR) is 88.8 cm³/mol. The zero-order valence-corrected chi connectivity index (χ0v) is 15.0. The van der Waals surface area contributed by atoms with Gasteiger partial charge in [-0.2, -0.15) is 0 Å². The first kappa shape index (κ1) is 19.5. The molecule has 1 aromatic rings. The number of benzene rings is 1. The Labute approximate surface area is 150 Å². The second-order valence-electron chi connectivity index (χ2n) is 5.63. The summed E-state index contributed by atoms with van der Waals surface area (Å²) < 4.78 is 20.3. The van der Waals surface area contributed by atoms with E-state index in [2.05, 4.69) is 0 Å². The van der Waals surface area contributed by atoms with Gasteiger partial charge in [-0.3, -0.25) is 19.7 Å². The van der Waals surface area contributed by atoms with Gasteiger partial charge in [0.15, 0.2) is 11.5 Å². The van der Waals surface area contributed by atoms with Gasteiger partial charge in [-0.1, -0.05) is 6.07 Å². The first-order valence-corrected chi connectivity index (χ1v) is 8.09. The van der Waals surface area contributed by atoms with Crippen LogP contribution in [0.3, 0.4) is 0 Å². The van der Waals surface area contributed by atoms with E-state index in [1.54, 1.807) is 26.0 Å². The Balaban J connectivity index is 2.55. The summed E-state index contributed by atoms with van der Waals surface area (Å²) in [6.45, 7) is 3.10.